The van der Waals surface area contributed by atoms with Crippen molar-refractivity contribution in [2.24, 2.45) is 4.99 Å². The van der Waals surface area contributed by atoms with Crippen LogP contribution in [0.4, 0.5) is 13.2 Å². The van der Waals surface area contributed by atoms with E-state index in [9.17, 15) is 18.0 Å². The highest BCUT2D eigenvalue weighted by Crippen LogP contribution is 2.17. The van der Waals surface area contributed by atoms with Crippen LogP contribution in [0.2, 0.25) is 0 Å². The highest BCUT2D eigenvalue weighted by atomic mass is 19.4. The minimum absolute atomic E-state index is 0.288. The van der Waals surface area contributed by atoms with Gasteiger partial charge < -0.3 is 20.1 Å². The Morgan fingerprint density at radius 2 is 1.92 bits per heavy atom. The van der Waals surface area contributed by atoms with E-state index in [-0.39, 0.29) is 6.54 Å². The Morgan fingerprint density at radius 1 is 1.23 bits per heavy atom. The lowest BCUT2D eigenvalue weighted by atomic mass is 10.1. The standard InChI is InChI=1S/C16H26F3N5O2/c1-5-12-11(13(6-2)26-23-12)8-21-15(20-7-3)22-9-14(25)24(4)10-16(17,18)19/h5-10H2,1-4H3,(H2,20,21,22). The first kappa shape index (κ1) is 21.8. The Balaban J connectivity index is 2.72. The normalized spacial score (nSPS) is 12.2. The van der Waals surface area contributed by atoms with Gasteiger partial charge in [-0.25, -0.2) is 4.99 Å². The largest absolute Gasteiger partial charge is 0.406 e. The van der Waals surface area contributed by atoms with Crippen LogP contribution in [0, 0.1) is 0 Å². The summed E-state index contributed by atoms with van der Waals surface area (Å²) in [6.45, 7) is 5.03. The molecule has 10 heteroatoms. The predicted octanol–water partition coefficient (Wildman–Crippen LogP) is 1.88. The maximum Gasteiger partial charge on any atom is 0.406 e. The van der Waals surface area contributed by atoms with Gasteiger partial charge in [-0.3, -0.25) is 4.79 Å². The molecule has 0 atom stereocenters. The number of nitrogens with zero attached hydrogens (tertiary/aromatic N) is 3. The molecule has 0 saturated carbocycles. The Labute approximate surface area is 151 Å². The third kappa shape index (κ3) is 6.93. The zero-order chi connectivity index (χ0) is 19.7. The average Bonchev–Trinajstić information content (AvgIpc) is 2.97. The molecule has 2 N–H and O–H groups in total. The van der Waals surface area contributed by atoms with Crippen molar-refractivity contribution in [1.29, 1.82) is 0 Å². The molecule has 0 aliphatic rings. The molecule has 1 aromatic rings. The van der Waals surface area contributed by atoms with Crippen molar-refractivity contribution < 1.29 is 22.5 Å². The number of carbonyl (C=O) groups excluding carboxylic acids is 1. The SMILES string of the molecule is CCNC(=NCc1c(CC)noc1CC)NCC(=O)N(C)CC(F)(F)F. The third-order valence-electron chi connectivity index (χ3n) is 3.60. The first-order chi connectivity index (χ1) is 12.2. The fourth-order valence-electron chi connectivity index (χ4n) is 2.27. The Morgan fingerprint density at radius 3 is 2.46 bits per heavy atom. The van der Waals surface area contributed by atoms with Crippen LogP contribution in [0.25, 0.3) is 0 Å². The maximum atomic E-state index is 12.3. The molecular weight excluding hydrogens is 351 g/mol. The number of rotatable bonds is 8. The maximum absolute atomic E-state index is 12.3. The van der Waals surface area contributed by atoms with Gasteiger partial charge in [0.2, 0.25) is 5.91 Å². The highest BCUT2D eigenvalue weighted by Gasteiger charge is 2.31. The quantitative estimate of drug-likeness (QED) is 0.534. The second-order valence-corrected chi connectivity index (χ2v) is 5.65. The van der Waals surface area contributed by atoms with Crippen LogP contribution in [-0.4, -0.2) is 54.8 Å². The molecule has 1 rings (SSSR count). The van der Waals surface area contributed by atoms with Crippen molar-refractivity contribution in [3.63, 3.8) is 0 Å². The number of aliphatic imine (C=N–C) groups is 1. The number of halogens is 3. The van der Waals surface area contributed by atoms with Gasteiger partial charge in [-0.15, -0.1) is 0 Å². The van der Waals surface area contributed by atoms with Crippen molar-refractivity contribution in [3.8, 4) is 0 Å². The van der Waals surface area contributed by atoms with E-state index in [4.69, 9.17) is 4.52 Å². The summed E-state index contributed by atoms with van der Waals surface area (Å²) in [5, 5.41) is 9.72. The molecule has 1 aromatic heterocycles. The summed E-state index contributed by atoms with van der Waals surface area (Å²) in [6.07, 6.45) is -3.04. The van der Waals surface area contributed by atoms with Crippen molar-refractivity contribution >= 4 is 11.9 Å². The van der Waals surface area contributed by atoms with Crippen LogP contribution in [0.3, 0.4) is 0 Å². The zero-order valence-electron chi connectivity index (χ0n) is 15.5. The predicted molar refractivity (Wildman–Crippen MR) is 91.8 cm³/mol. The number of likely N-dealkylation sites (N-methyl/N-ethyl adjacent to an activating group) is 1. The third-order valence-corrected chi connectivity index (χ3v) is 3.60. The van der Waals surface area contributed by atoms with Gasteiger partial charge in [0.25, 0.3) is 0 Å². The molecule has 0 unspecified atom stereocenters. The molecule has 0 radical (unpaired) electrons. The Hall–Kier alpha value is -2.26. The average molecular weight is 377 g/mol. The van der Waals surface area contributed by atoms with Gasteiger partial charge >= 0.3 is 6.18 Å². The fraction of sp³-hybridized carbons (Fsp3) is 0.688. The molecule has 26 heavy (non-hydrogen) atoms. The topological polar surface area (TPSA) is 82.8 Å². The number of carbonyl (C=O) groups is 1. The lowest BCUT2D eigenvalue weighted by molar-refractivity contribution is -0.157. The van der Waals surface area contributed by atoms with Crippen LogP contribution in [0.15, 0.2) is 9.52 Å². The van der Waals surface area contributed by atoms with E-state index in [0.29, 0.717) is 36.8 Å². The molecule has 7 nitrogen and oxygen atoms in total. The van der Waals surface area contributed by atoms with Crippen LogP contribution < -0.4 is 10.6 Å². The zero-order valence-corrected chi connectivity index (χ0v) is 15.5. The van der Waals surface area contributed by atoms with E-state index in [1.165, 1.54) is 0 Å². The van der Waals surface area contributed by atoms with E-state index >= 15 is 0 Å². The summed E-state index contributed by atoms with van der Waals surface area (Å²) in [6, 6.07) is 0. The molecule has 0 aromatic carbocycles. The molecule has 148 valence electrons. The van der Waals surface area contributed by atoms with Crippen molar-refractivity contribution in [2.75, 3.05) is 26.7 Å². The minimum atomic E-state index is -4.43. The summed E-state index contributed by atoms with van der Waals surface area (Å²) in [7, 11) is 1.11. The number of guanidine groups is 1. The van der Waals surface area contributed by atoms with Gasteiger partial charge in [-0.05, 0) is 13.3 Å². The molecule has 0 saturated heterocycles. The van der Waals surface area contributed by atoms with Crippen molar-refractivity contribution in [1.82, 2.24) is 20.7 Å². The summed E-state index contributed by atoms with van der Waals surface area (Å²) >= 11 is 0. The molecule has 0 spiro atoms. The van der Waals surface area contributed by atoms with Gasteiger partial charge in [-0.2, -0.15) is 13.2 Å². The van der Waals surface area contributed by atoms with Gasteiger partial charge in [-0.1, -0.05) is 19.0 Å². The summed E-state index contributed by atoms with van der Waals surface area (Å²) < 4.78 is 42.3. The highest BCUT2D eigenvalue weighted by molar-refractivity contribution is 5.86. The molecule has 0 aliphatic carbocycles. The van der Waals surface area contributed by atoms with E-state index < -0.39 is 18.6 Å². The molecule has 1 heterocycles. The second-order valence-electron chi connectivity index (χ2n) is 5.65. The summed E-state index contributed by atoms with van der Waals surface area (Å²) in [5.74, 6) is 0.412. The number of hydrogen-bond donors (Lipinski definition) is 2. The van der Waals surface area contributed by atoms with E-state index in [1.54, 1.807) is 0 Å². The second kappa shape index (κ2) is 10.0. The van der Waals surface area contributed by atoms with E-state index in [0.717, 1.165) is 24.1 Å². The van der Waals surface area contributed by atoms with Gasteiger partial charge in [0.15, 0.2) is 5.96 Å². The number of hydrogen-bond acceptors (Lipinski definition) is 4. The first-order valence-electron chi connectivity index (χ1n) is 8.50. The van der Waals surface area contributed by atoms with Crippen molar-refractivity contribution in [3.05, 3.63) is 17.0 Å². The van der Waals surface area contributed by atoms with E-state index in [2.05, 4.69) is 20.8 Å². The van der Waals surface area contributed by atoms with Gasteiger partial charge in [0.1, 0.15) is 12.3 Å². The van der Waals surface area contributed by atoms with Crippen molar-refractivity contribution in [2.45, 2.75) is 46.3 Å². The van der Waals surface area contributed by atoms with E-state index in [1.807, 2.05) is 20.8 Å². The lowest BCUT2D eigenvalue weighted by Gasteiger charge is -2.20. The fourth-order valence-corrected chi connectivity index (χ4v) is 2.27. The van der Waals surface area contributed by atoms with Gasteiger partial charge in [0, 0.05) is 25.6 Å². The molecule has 1 amide bonds. The minimum Gasteiger partial charge on any atom is -0.361 e. The molecule has 0 fully saturated rings. The van der Waals surface area contributed by atoms with Crippen LogP contribution in [0.5, 0.6) is 0 Å². The number of amides is 1. The van der Waals surface area contributed by atoms with Crippen LogP contribution >= 0.6 is 0 Å². The molecule has 0 aliphatic heterocycles. The first-order valence-corrected chi connectivity index (χ1v) is 8.50. The Bertz CT molecular complexity index is 592. The summed E-state index contributed by atoms with van der Waals surface area (Å²) in [4.78, 5) is 16.8. The monoisotopic (exact) mass is 377 g/mol. The van der Waals surface area contributed by atoms with Crippen LogP contribution in [0.1, 0.15) is 37.8 Å². The van der Waals surface area contributed by atoms with Gasteiger partial charge in [0.05, 0.1) is 18.8 Å². The lowest BCUT2D eigenvalue weighted by Crippen LogP contribution is -2.45. The van der Waals surface area contributed by atoms with Crippen LogP contribution in [-0.2, 0) is 24.2 Å². The Kier molecular flexibility index (Phi) is 8.40. The molecular formula is C16H26F3N5O2. The summed E-state index contributed by atoms with van der Waals surface area (Å²) in [5.41, 5.74) is 1.72. The number of alkyl halides is 3. The number of aryl methyl sites for hydroxylation is 2. The molecule has 0 bridgehead atoms. The number of aromatic nitrogens is 1. The smallest absolute Gasteiger partial charge is 0.361 e. The number of nitrogens with one attached hydrogen (secondary N) is 2.